The lowest BCUT2D eigenvalue weighted by Gasteiger charge is -2.28. The van der Waals surface area contributed by atoms with Crippen molar-refractivity contribution in [3.05, 3.63) is 29.3 Å². The van der Waals surface area contributed by atoms with Crippen molar-refractivity contribution in [2.75, 3.05) is 18.5 Å². The highest BCUT2D eigenvalue weighted by molar-refractivity contribution is 5.96. The zero-order chi connectivity index (χ0) is 13.2. The maximum absolute atomic E-state index is 7.46. The number of rotatable bonds is 3. The molecule has 17 heavy (non-hydrogen) atoms. The smallest absolute Gasteiger partial charge is 0.123 e. The van der Waals surface area contributed by atoms with Gasteiger partial charge in [0.05, 0.1) is 0 Å². The van der Waals surface area contributed by atoms with Crippen molar-refractivity contribution in [3.8, 4) is 0 Å². The minimum atomic E-state index is 0.132. The van der Waals surface area contributed by atoms with Gasteiger partial charge in [0.15, 0.2) is 0 Å². The Morgan fingerprint density at radius 1 is 1.35 bits per heavy atom. The summed E-state index contributed by atoms with van der Waals surface area (Å²) in [5, 5.41) is 7.46. The van der Waals surface area contributed by atoms with Crippen molar-refractivity contribution >= 4 is 11.5 Å². The summed E-state index contributed by atoms with van der Waals surface area (Å²) in [7, 11) is 2.09. The Morgan fingerprint density at radius 3 is 2.35 bits per heavy atom. The van der Waals surface area contributed by atoms with Gasteiger partial charge in [0.25, 0.3) is 0 Å². The van der Waals surface area contributed by atoms with Crippen LogP contribution in [0.2, 0.25) is 0 Å². The van der Waals surface area contributed by atoms with E-state index in [1.165, 1.54) is 5.69 Å². The first kappa shape index (κ1) is 13.6. The zero-order valence-corrected chi connectivity index (χ0v) is 11.5. The second kappa shape index (κ2) is 4.78. The van der Waals surface area contributed by atoms with Crippen LogP contribution in [0.25, 0.3) is 0 Å². The third kappa shape index (κ3) is 3.77. The molecule has 3 N–H and O–H groups in total. The summed E-state index contributed by atoms with van der Waals surface area (Å²) in [6, 6.07) is 6.03. The first-order valence-electron chi connectivity index (χ1n) is 5.87. The first-order valence-corrected chi connectivity index (χ1v) is 5.87. The number of nitrogens with zero attached hydrogens (tertiary/aromatic N) is 1. The number of hydrogen-bond donors (Lipinski definition) is 2. The molecule has 0 atom stereocenters. The topological polar surface area (TPSA) is 53.1 Å². The Bertz CT molecular complexity index is 416. The number of benzene rings is 1. The largest absolute Gasteiger partial charge is 0.384 e. The van der Waals surface area contributed by atoms with Crippen molar-refractivity contribution in [1.29, 1.82) is 5.41 Å². The minimum absolute atomic E-state index is 0.132. The van der Waals surface area contributed by atoms with E-state index < -0.39 is 0 Å². The molecule has 1 aromatic rings. The highest BCUT2D eigenvalue weighted by atomic mass is 15.1. The number of nitrogen functional groups attached to an aromatic ring is 1. The van der Waals surface area contributed by atoms with Gasteiger partial charge >= 0.3 is 0 Å². The predicted molar refractivity (Wildman–Crippen MR) is 74.9 cm³/mol. The summed E-state index contributed by atoms with van der Waals surface area (Å²) >= 11 is 0. The minimum Gasteiger partial charge on any atom is -0.384 e. The molecule has 1 aromatic carbocycles. The highest BCUT2D eigenvalue weighted by Crippen LogP contribution is 2.22. The van der Waals surface area contributed by atoms with Crippen LogP contribution in [-0.2, 0) is 0 Å². The standard InChI is InChI=1S/C14H23N3/c1-10-8-11(6-7-12(10)13(15)16)17(5)9-14(2,3)4/h6-8H,9H2,1-5H3,(H3,15,16). The highest BCUT2D eigenvalue weighted by Gasteiger charge is 2.14. The van der Waals surface area contributed by atoms with Crippen LogP contribution >= 0.6 is 0 Å². The molecule has 3 nitrogen and oxygen atoms in total. The first-order chi connectivity index (χ1) is 7.70. The Morgan fingerprint density at radius 2 is 1.94 bits per heavy atom. The van der Waals surface area contributed by atoms with E-state index in [0.29, 0.717) is 0 Å². The molecule has 0 fully saturated rings. The van der Waals surface area contributed by atoms with E-state index in [4.69, 9.17) is 11.1 Å². The molecule has 3 heteroatoms. The van der Waals surface area contributed by atoms with E-state index >= 15 is 0 Å². The number of amidine groups is 1. The molecule has 0 aliphatic carbocycles. The molecule has 0 aliphatic rings. The van der Waals surface area contributed by atoms with Gasteiger partial charge in [-0.2, -0.15) is 0 Å². The van der Waals surface area contributed by atoms with Gasteiger partial charge in [-0.05, 0) is 36.1 Å². The molecule has 0 amide bonds. The van der Waals surface area contributed by atoms with E-state index in [2.05, 4.69) is 38.8 Å². The summed E-state index contributed by atoms with van der Waals surface area (Å²) in [4.78, 5) is 2.23. The summed E-state index contributed by atoms with van der Waals surface area (Å²) in [6.45, 7) is 9.65. The summed E-state index contributed by atoms with van der Waals surface area (Å²) in [5.74, 6) is 0.132. The van der Waals surface area contributed by atoms with Gasteiger partial charge in [0.1, 0.15) is 5.84 Å². The number of nitrogens with two attached hydrogens (primary N) is 1. The van der Waals surface area contributed by atoms with E-state index in [-0.39, 0.29) is 11.3 Å². The van der Waals surface area contributed by atoms with Crippen molar-refractivity contribution in [2.24, 2.45) is 11.1 Å². The molecule has 94 valence electrons. The van der Waals surface area contributed by atoms with Crippen molar-refractivity contribution in [2.45, 2.75) is 27.7 Å². The number of anilines is 1. The molecule has 0 bridgehead atoms. The summed E-state index contributed by atoms with van der Waals surface area (Å²) in [6.07, 6.45) is 0. The maximum atomic E-state index is 7.46. The average molecular weight is 233 g/mol. The predicted octanol–water partition coefficient (Wildman–Crippen LogP) is 2.76. The SMILES string of the molecule is Cc1cc(N(C)CC(C)(C)C)ccc1C(=N)N. The lowest BCUT2D eigenvalue weighted by Crippen LogP contribution is -2.29. The van der Waals surface area contributed by atoms with Crippen LogP contribution in [0.4, 0.5) is 5.69 Å². The fraction of sp³-hybridized carbons (Fsp3) is 0.500. The van der Waals surface area contributed by atoms with Gasteiger partial charge in [-0.3, -0.25) is 5.41 Å². The summed E-state index contributed by atoms with van der Waals surface area (Å²) in [5.41, 5.74) is 8.82. The second-order valence-electron chi connectivity index (χ2n) is 5.83. The fourth-order valence-electron chi connectivity index (χ4n) is 1.99. The van der Waals surface area contributed by atoms with Crippen LogP contribution in [0.5, 0.6) is 0 Å². The molecule has 0 aliphatic heterocycles. The maximum Gasteiger partial charge on any atom is 0.123 e. The van der Waals surface area contributed by atoms with Gasteiger partial charge in [-0.15, -0.1) is 0 Å². The van der Waals surface area contributed by atoms with Gasteiger partial charge in [-0.1, -0.05) is 20.8 Å². The molecule has 0 unspecified atom stereocenters. The van der Waals surface area contributed by atoms with E-state index in [1.807, 2.05) is 19.1 Å². The molecule has 1 rings (SSSR count). The third-order valence-electron chi connectivity index (χ3n) is 2.65. The fourth-order valence-corrected chi connectivity index (χ4v) is 1.99. The van der Waals surface area contributed by atoms with Gasteiger partial charge in [0.2, 0.25) is 0 Å². The molecular weight excluding hydrogens is 210 g/mol. The van der Waals surface area contributed by atoms with Crippen molar-refractivity contribution in [3.63, 3.8) is 0 Å². The Hall–Kier alpha value is -1.51. The molecule has 0 saturated heterocycles. The number of nitrogens with one attached hydrogen (secondary N) is 1. The molecule has 0 spiro atoms. The van der Waals surface area contributed by atoms with Crippen molar-refractivity contribution in [1.82, 2.24) is 0 Å². The zero-order valence-electron chi connectivity index (χ0n) is 11.5. The summed E-state index contributed by atoms with van der Waals surface area (Å²) < 4.78 is 0. The van der Waals surface area contributed by atoms with Crippen molar-refractivity contribution < 1.29 is 0 Å². The van der Waals surface area contributed by atoms with Crippen LogP contribution < -0.4 is 10.6 Å². The Kier molecular flexibility index (Phi) is 3.81. The Balaban J connectivity index is 2.94. The second-order valence-corrected chi connectivity index (χ2v) is 5.83. The monoisotopic (exact) mass is 233 g/mol. The van der Waals surface area contributed by atoms with E-state index in [1.54, 1.807) is 0 Å². The lowest BCUT2D eigenvalue weighted by atomic mass is 9.96. The van der Waals surface area contributed by atoms with Gasteiger partial charge < -0.3 is 10.6 Å². The number of aryl methyl sites for hydroxylation is 1. The van der Waals surface area contributed by atoms with Crippen LogP contribution in [0, 0.1) is 17.7 Å². The van der Waals surface area contributed by atoms with Crippen LogP contribution in [-0.4, -0.2) is 19.4 Å². The quantitative estimate of drug-likeness (QED) is 0.623. The molecule has 0 aromatic heterocycles. The van der Waals surface area contributed by atoms with Crippen LogP contribution in [0.1, 0.15) is 31.9 Å². The van der Waals surface area contributed by atoms with E-state index in [9.17, 15) is 0 Å². The van der Waals surface area contributed by atoms with E-state index in [0.717, 1.165) is 17.7 Å². The molecular formula is C14H23N3. The molecule has 0 heterocycles. The van der Waals surface area contributed by atoms with Gasteiger partial charge in [-0.25, -0.2) is 0 Å². The van der Waals surface area contributed by atoms with Crippen LogP contribution in [0.15, 0.2) is 18.2 Å². The molecule has 0 radical (unpaired) electrons. The number of hydrogen-bond acceptors (Lipinski definition) is 2. The lowest BCUT2D eigenvalue weighted by molar-refractivity contribution is 0.419. The Labute approximate surface area is 104 Å². The average Bonchev–Trinajstić information content (AvgIpc) is 2.14. The van der Waals surface area contributed by atoms with Crippen LogP contribution in [0.3, 0.4) is 0 Å². The molecule has 0 saturated carbocycles. The van der Waals surface area contributed by atoms with Gasteiger partial charge in [0, 0.05) is 24.8 Å². The normalized spacial score (nSPS) is 11.4. The third-order valence-corrected chi connectivity index (χ3v) is 2.65.